The predicted octanol–water partition coefficient (Wildman–Crippen LogP) is 6.71. The highest BCUT2D eigenvalue weighted by molar-refractivity contribution is 5.82. The summed E-state index contributed by atoms with van der Waals surface area (Å²) < 4.78 is 33.3. The number of rotatable bonds is 38. The van der Waals surface area contributed by atoms with Gasteiger partial charge < -0.3 is 64.2 Å². The number of carbonyl (C=O) groups excluding carboxylic acids is 2. The topological polar surface area (TPSA) is 231 Å². The van der Waals surface area contributed by atoms with Gasteiger partial charge in [0.05, 0.1) is 19.8 Å². The fourth-order valence-corrected chi connectivity index (χ4v) is 7.71. The molecule has 2 fully saturated rings. The van der Waals surface area contributed by atoms with Gasteiger partial charge in [-0.25, -0.2) is 4.79 Å². The zero-order valence-electron chi connectivity index (χ0n) is 40.2. The Hall–Kier alpha value is -2.54. The average molecular weight is 941 g/mol. The lowest BCUT2D eigenvalue weighted by Crippen LogP contribution is -2.61. The zero-order valence-corrected chi connectivity index (χ0v) is 40.2. The molecule has 0 aliphatic carbocycles. The second-order valence-corrected chi connectivity index (χ2v) is 17.7. The lowest BCUT2D eigenvalue weighted by molar-refractivity contribution is -0.332. The van der Waals surface area contributed by atoms with Gasteiger partial charge in [-0.3, -0.25) is 4.79 Å². The molecule has 2 aliphatic rings. The molecule has 11 atom stereocenters. The molecule has 2 aliphatic heterocycles. The number of allylic oxidation sites excluding steroid dienone is 7. The number of aliphatic hydroxyl groups is 7. The van der Waals surface area contributed by atoms with Crippen LogP contribution in [0.5, 0.6) is 0 Å². The smallest absolute Gasteiger partial charge is 0.330 e. The van der Waals surface area contributed by atoms with E-state index in [2.05, 4.69) is 38.2 Å². The number of carbonyl (C=O) groups is 2. The molecule has 0 aromatic rings. The molecule has 2 heterocycles. The molecule has 2 rings (SSSR count). The van der Waals surface area contributed by atoms with E-state index in [1.165, 1.54) is 96.0 Å². The summed E-state index contributed by atoms with van der Waals surface area (Å²) in [5, 5.41) is 72.0. The van der Waals surface area contributed by atoms with Gasteiger partial charge in [-0.15, -0.1) is 0 Å². The van der Waals surface area contributed by atoms with Gasteiger partial charge in [0.1, 0.15) is 55.4 Å². The standard InChI is InChI=1S/C51H88O15/c1-3-5-7-9-11-13-15-17-19-21-23-25-27-29-31-33-42(53)61-36-39(64-43(54)34-32-30-28-26-24-22-20-18-16-14-12-10-8-6-4-2)37-62-50-49(60)47(58)45(56)41(66-50)38-63-51-48(59)46(57)44(55)40(35-52)65-51/h14,16,18,20,27,29,31,33,39-41,44-52,55-60H,3-13,15,17,19,21-26,28,30,32,34-38H2,1-2H3/b16-14+,20-18+,29-27+,33-31+/t39-,40-,41-,44+,45+,46?,47?,48?,49?,50-,51-/m1/s1. The fourth-order valence-electron chi connectivity index (χ4n) is 7.71. The van der Waals surface area contributed by atoms with Crippen LogP contribution in [0.4, 0.5) is 0 Å². The Balaban J connectivity index is 1.86. The molecule has 15 nitrogen and oxygen atoms in total. The number of ether oxygens (including phenoxy) is 6. The van der Waals surface area contributed by atoms with Crippen LogP contribution in [-0.2, 0) is 38.0 Å². The molecular weight excluding hydrogens is 853 g/mol. The normalized spacial score (nSPS) is 26.6. The summed E-state index contributed by atoms with van der Waals surface area (Å²) in [6.07, 6.45) is 24.9. The summed E-state index contributed by atoms with van der Waals surface area (Å²) in [4.78, 5) is 25.6. The van der Waals surface area contributed by atoms with Gasteiger partial charge in [-0.1, -0.05) is 159 Å². The quantitative estimate of drug-likeness (QED) is 0.0148. The molecule has 0 bridgehead atoms. The fraction of sp³-hybridized carbons (Fsp3) is 0.804. The molecule has 0 radical (unpaired) electrons. The van der Waals surface area contributed by atoms with Crippen molar-refractivity contribution in [3.05, 3.63) is 48.6 Å². The largest absolute Gasteiger partial charge is 0.458 e. The van der Waals surface area contributed by atoms with E-state index in [0.717, 1.165) is 51.4 Å². The van der Waals surface area contributed by atoms with E-state index in [-0.39, 0.29) is 13.0 Å². The first-order valence-corrected chi connectivity index (χ1v) is 25.3. The van der Waals surface area contributed by atoms with E-state index in [1.807, 2.05) is 6.08 Å². The highest BCUT2D eigenvalue weighted by Gasteiger charge is 2.47. The number of hydrogen-bond donors (Lipinski definition) is 7. The number of esters is 2. The minimum absolute atomic E-state index is 0.127. The van der Waals surface area contributed by atoms with Gasteiger partial charge in [0.2, 0.25) is 0 Å². The summed E-state index contributed by atoms with van der Waals surface area (Å²) >= 11 is 0. The molecule has 66 heavy (non-hydrogen) atoms. The molecule has 0 saturated carbocycles. The second kappa shape index (κ2) is 38.3. The van der Waals surface area contributed by atoms with Crippen molar-refractivity contribution in [2.75, 3.05) is 26.4 Å². The van der Waals surface area contributed by atoms with E-state index in [1.54, 1.807) is 12.2 Å². The summed E-state index contributed by atoms with van der Waals surface area (Å²) in [5.74, 6) is -1.20. The predicted molar refractivity (Wildman–Crippen MR) is 252 cm³/mol. The highest BCUT2D eigenvalue weighted by Crippen LogP contribution is 2.26. The molecule has 4 unspecified atom stereocenters. The van der Waals surface area contributed by atoms with Crippen LogP contribution in [0.1, 0.15) is 168 Å². The maximum atomic E-state index is 13.0. The van der Waals surface area contributed by atoms with Crippen molar-refractivity contribution in [3.8, 4) is 0 Å². The summed E-state index contributed by atoms with van der Waals surface area (Å²) in [6, 6.07) is 0. The van der Waals surface area contributed by atoms with Crippen molar-refractivity contribution < 1.29 is 73.8 Å². The van der Waals surface area contributed by atoms with Crippen LogP contribution in [0, 0.1) is 0 Å². The van der Waals surface area contributed by atoms with Crippen molar-refractivity contribution in [1.82, 2.24) is 0 Å². The molecule has 7 N–H and O–H groups in total. The van der Waals surface area contributed by atoms with Gasteiger partial charge in [0.25, 0.3) is 0 Å². The van der Waals surface area contributed by atoms with Crippen molar-refractivity contribution in [2.24, 2.45) is 0 Å². The van der Waals surface area contributed by atoms with Gasteiger partial charge in [0, 0.05) is 12.5 Å². The number of unbranched alkanes of at least 4 members (excludes halogenated alkanes) is 20. The van der Waals surface area contributed by atoms with Gasteiger partial charge in [-0.2, -0.15) is 0 Å². The van der Waals surface area contributed by atoms with Crippen LogP contribution in [0.2, 0.25) is 0 Å². The summed E-state index contributed by atoms with van der Waals surface area (Å²) in [6.45, 7) is 2.42. The third-order valence-electron chi connectivity index (χ3n) is 11.9. The first-order chi connectivity index (χ1) is 32.0. The van der Waals surface area contributed by atoms with Gasteiger partial charge in [-0.05, 0) is 44.9 Å². The maximum absolute atomic E-state index is 13.0. The van der Waals surface area contributed by atoms with E-state index in [0.29, 0.717) is 6.42 Å². The van der Waals surface area contributed by atoms with E-state index >= 15 is 0 Å². The third-order valence-corrected chi connectivity index (χ3v) is 11.9. The molecule has 2 saturated heterocycles. The van der Waals surface area contributed by atoms with E-state index in [9.17, 15) is 45.3 Å². The Morgan fingerprint density at radius 1 is 0.515 bits per heavy atom. The Morgan fingerprint density at radius 2 is 0.955 bits per heavy atom. The summed E-state index contributed by atoms with van der Waals surface area (Å²) in [5.41, 5.74) is 0. The Morgan fingerprint density at radius 3 is 1.48 bits per heavy atom. The average Bonchev–Trinajstić information content (AvgIpc) is 3.31. The maximum Gasteiger partial charge on any atom is 0.330 e. The Bertz CT molecular complexity index is 1340. The van der Waals surface area contributed by atoms with Crippen LogP contribution < -0.4 is 0 Å². The minimum Gasteiger partial charge on any atom is -0.458 e. The molecule has 382 valence electrons. The van der Waals surface area contributed by atoms with Crippen LogP contribution in [-0.4, -0.2) is 142 Å². The number of aliphatic hydroxyl groups excluding tert-OH is 7. The lowest BCUT2D eigenvalue weighted by atomic mass is 9.98. The monoisotopic (exact) mass is 941 g/mol. The first kappa shape index (κ1) is 59.6. The zero-order chi connectivity index (χ0) is 48.2. The lowest BCUT2D eigenvalue weighted by Gasteiger charge is -2.42. The van der Waals surface area contributed by atoms with Crippen LogP contribution in [0.25, 0.3) is 0 Å². The SMILES string of the molecule is CCCCCC/C=C/C=C/CCCCCCCC(=O)O[C@H](COC(=O)/C=C/C=C/CCCCCCCCCCCCC)CO[C@@H]1O[C@H](CO[C@@H]2O[C@H](CO)[C@H](O)C(O)C2O)[C@H](O)C(O)C1O. The third kappa shape index (κ3) is 26.3. The number of hydrogen-bond acceptors (Lipinski definition) is 15. The molecule has 0 aromatic carbocycles. The summed E-state index contributed by atoms with van der Waals surface area (Å²) in [7, 11) is 0. The van der Waals surface area contributed by atoms with Crippen LogP contribution >= 0.6 is 0 Å². The Kier molecular flexibility index (Phi) is 34.6. The van der Waals surface area contributed by atoms with Crippen molar-refractivity contribution >= 4 is 11.9 Å². The molecule has 0 aromatic heterocycles. The van der Waals surface area contributed by atoms with Gasteiger partial charge >= 0.3 is 11.9 Å². The van der Waals surface area contributed by atoms with Crippen molar-refractivity contribution in [1.29, 1.82) is 0 Å². The Labute approximate surface area is 395 Å². The van der Waals surface area contributed by atoms with E-state index < -0.39 is 99.3 Å². The molecule has 0 spiro atoms. The molecule has 0 amide bonds. The first-order valence-electron chi connectivity index (χ1n) is 25.3. The highest BCUT2D eigenvalue weighted by atomic mass is 16.7. The van der Waals surface area contributed by atoms with Crippen molar-refractivity contribution in [3.63, 3.8) is 0 Å². The van der Waals surface area contributed by atoms with Gasteiger partial charge in [0.15, 0.2) is 18.7 Å². The van der Waals surface area contributed by atoms with Crippen LogP contribution in [0.3, 0.4) is 0 Å². The van der Waals surface area contributed by atoms with E-state index in [4.69, 9.17) is 28.4 Å². The van der Waals surface area contributed by atoms with Crippen LogP contribution in [0.15, 0.2) is 48.6 Å². The molecule has 15 heteroatoms. The second-order valence-electron chi connectivity index (χ2n) is 17.7. The molecular formula is C51H88O15. The minimum atomic E-state index is -1.78. The van der Waals surface area contributed by atoms with Crippen molar-refractivity contribution in [2.45, 2.75) is 235 Å².